The molecule has 0 radical (unpaired) electrons. The van der Waals surface area contributed by atoms with E-state index in [1.165, 1.54) is 0 Å². The van der Waals surface area contributed by atoms with E-state index in [0.29, 0.717) is 16.6 Å². The predicted octanol–water partition coefficient (Wildman–Crippen LogP) is 8.28. The summed E-state index contributed by atoms with van der Waals surface area (Å²) in [5, 5.41) is 0. The van der Waals surface area contributed by atoms with Gasteiger partial charge in [-0.3, -0.25) is 0 Å². The Morgan fingerprint density at radius 1 is 0.560 bits per heavy atom. The highest BCUT2D eigenvalue weighted by atomic mass is 31.2. The molecule has 0 bridgehead atoms. The van der Waals surface area contributed by atoms with Gasteiger partial charge in [-0.25, -0.2) is 0 Å². The minimum Gasteiger partial charge on any atom is -0.355 e. The molecule has 0 saturated heterocycles. The van der Waals surface area contributed by atoms with Gasteiger partial charge in [0.1, 0.15) is 0 Å². The van der Waals surface area contributed by atoms with Gasteiger partial charge in [-0.15, -0.1) is 0 Å². The van der Waals surface area contributed by atoms with E-state index in [1.54, 1.807) is 0 Å². The van der Waals surface area contributed by atoms with Crippen molar-refractivity contribution in [1.29, 1.82) is 0 Å². The van der Waals surface area contributed by atoms with Crippen molar-refractivity contribution in [2.24, 2.45) is 0 Å². The predicted molar refractivity (Wildman–Crippen MR) is 122 cm³/mol. The second-order valence-electron chi connectivity index (χ2n) is 9.24. The molecule has 152 valence electrons. The molecule has 3 atom stereocenters. The zero-order valence-electron chi connectivity index (χ0n) is 19.0. The average molecular weight is 425 g/mol. The van der Waals surface area contributed by atoms with Gasteiger partial charge in [-0.1, -0.05) is 60.8 Å². The highest BCUT2D eigenvalue weighted by Crippen LogP contribution is 2.53. The first-order chi connectivity index (χ1) is 11.2. The number of rotatable bonds is 12. The van der Waals surface area contributed by atoms with Gasteiger partial charge in [-0.2, -0.15) is 0 Å². The summed E-state index contributed by atoms with van der Waals surface area (Å²) < 4.78 is 20.0. The Kier molecular flexibility index (Phi) is 10.9. The van der Waals surface area contributed by atoms with Crippen molar-refractivity contribution >= 4 is 33.6 Å². The molecule has 0 aliphatic carbocycles. The monoisotopic (exact) mass is 424 g/mol. The minimum absolute atomic E-state index is 0.603. The summed E-state index contributed by atoms with van der Waals surface area (Å²) >= 11 is 0. The maximum atomic E-state index is 6.68. The summed E-state index contributed by atoms with van der Waals surface area (Å²) in [7, 11) is -6.76. The molecule has 0 aromatic carbocycles. The van der Waals surface area contributed by atoms with Crippen LogP contribution in [0.25, 0.3) is 0 Å². The van der Waals surface area contributed by atoms with E-state index in [2.05, 4.69) is 80.8 Å². The second kappa shape index (κ2) is 10.5. The van der Waals surface area contributed by atoms with Crippen molar-refractivity contribution in [2.45, 2.75) is 117 Å². The quantitative estimate of drug-likeness (QED) is 0.233. The molecule has 0 rings (SSSR count). The van der Waals surface area contributed by atoms with E-state index < -0.39 is 33.6 Å². The van der Waals surface area contributed by atoms with Crippen LogP contribution < -0.4 is 0 Å². The molecular weight excluding hydrogens is 379 g/mol. The molecule has 0 N–H and O–H groups in total. The van der Waals surface area contributed by atoms with Gasteiger partial charge in [0.25, 0.3) is 8.60 Å². The normalized spacial score (nSPS) is 18.7. The third-order valence-electron chi connectivity index (χ3n) is 6.33. The van der Waals surface area contributed by atoms with Crippen LogP contribution in [-0.4, -0.2) is 25.0 Å². The smallest absolute Gasteiger partial charge is 0.300 e. The molecule has 0 heterocycles. The molecule has 3 unspecified atom stereocenters. The third-order valence-corrected chi connectivity index (χ3v) is 22.1. The van der Waals surface area contributed by atoms with Crippen molar-refractivity contribution in [3.63, 3.8) is 0 Å². The lowest BCUT2D eigenvalue weighted by atomic mass is 10.4. The van der Waals surface area contributed by atoms with Gasteiger partial charge < -0.3 is 12.6 Å². The van der Waals surface area contributed by atoms with E-state index in [4.69, 9.17) is 12.6 Å². The first-order valence-corrected chi connectivity index (χ1v) is 20.2. The van der Waals surface area contributed by atoms with E-state index in [1.807, 2.05) is 0 Å². The van der Waals surface area contributed by atoms with E-state index in [0.717, 1.165) is 19.3 Å². The Morgan fingerprint density at radius 2 is 0.760 bits per heavy atom. The SMILES string of the molecule is CCC(C)[Si](C)(C)OP(O[Si](C)(C)C(C)CC)O[Si](C)(C)C(C)CC. The Balaban J connectivity index is 5.45. The Morgan fingerprint density at radius 3 is 0.920 bits per heavy atom. The summed E-state index contributed by atoms with van der Waals surface area (Å²) in [6, 6.07) is 0. The standard InChI is InChI=1S/C18H45O3PSi3/c1-13-16(4)23(7,8)19-22(20-24(9,10)17(5)14-2)21-25(11,12)18(6)15-3/h16-18H,13-15H2,1-12H3. The van der Waals surface area contributed by atoms with Gasteiger partial charge in [0.15, 0.2) is 25.0 Å². The zero-order valence-corrected chi connectivity index (χ0v) is 22.9. The Labute approximate surface area is 163 Å². The third kappa shape index (κ3) is 8.24. The lowest BCUT2D eigenvalue weighted by Crippen LogP contribution is -2.41. The number of hydrogen-bond acceptors (Lipinski definition) is 3. The van der Waals surface area contributed by atoms with Gasteiger partial charge >= 0.3 is 0 Å². The molecule has 0 amide bonds. The fourth-order valence-corrected chi connectivity index (χ4v) is 13.5. The lowest BCUT2D eigenvalue weighted by Gasteiger charge is -2.40. The van der Waals surface area contributed by atoms with Crippen LogP contribution in [0.2, 0.25) is 55.9 Å². The molecule has 3 nitrogen and oxygen atoms in total. The second-order valence-corrected chi connectivity index (χ2v) is 24.5. The highest BCUT2D eigenvalue weighted by molar-refractivity contribution is 7.47. The summed E-state index contributed by atoms with van der Waals surface area (Å²) in [5.41, 5.74) is 1.81. The van der Waals surface area contributed by atoms with Crippen molar-refractivity contribution in [1.82, 2.24) is 0 Å². The maximum Gasteiger partial charge on any atom is 0.300 e. The highest BCUT2D eigenvalue weighted by Gasteiger charge is 2.42. The first-order valence-electron chi connectivity index (χ1n) is 10.1. The summed E-state index contributed by atoms with van der Waals surface area (Å²) in [6.45, 7) is 27.6. The van der Waals surface area contributed by atoms with Crippen LogP contribution in [0.3, 0.4) is 0 Å². The molecule has 0 aliphatic heterocycles. The summed E-state index contributed by atoms with van der Waals surface area (Å²) in [5.74, 6) is 0. The van der Waals surface area contributed by atoms with Crippen LogP contribution in [0, 0.1) is 0 Å². The van der Waals surface area contributed by atoms with E-state index in [-0.39, 0.29) is 0 Å². The van der Waals surface area contributed by atoms with Gasteiger partial charge in [-0.05, 0) is 55.9 Å². The van der Waals surface area contributed by atoms with Crippen LogP contribution in [0.15, 0.2) is 0 Å². The molecule has 0 aromatic rings. The van der Waals surface area contributed by atoms with Crippen molar-refractivity contribution in [2.75, 3.05) is 0 Å². The van der Waals surface area contributed by atoms with Crippen LogP contribution in [0.1, 0.15) is 60.8 Å². The fraction of sp³-hybridized carbons (Fsp3) is 1.00. The largest absolute Gasteiger partial charge is 0.355 e. The number of hydrogen-bond donors (Lipinski definition) is 0. The fourth-order valence-electron chi connectivity index (χ4n) is 2.38. The first kappa shape index (κ1) is 26.0. The molecule has 0 aliphatic rings. The Hall–Kier alpha value is 0.961. The molecule has 0 aromatic heterocycles. The zero-order chi connectivity index (χ0) is 20.1. The molecule has 0 fully saturated rings. The van der Waals surface area contributed by atoms with Crippen molar-refractivity contribution in [3.8, 4) is 0 Å². The molecule has 25 heavy (non-hydrogen) atoms. The topological polar surface area (TPSA) is 27.7 Å². The minimum atomic E-state index is -1.84. The lowest BCUT2D eigenvalue weighted by molar-refractivity contribution is 0.363. The van der Waals surface area contributed by atoms with Gasteiger partial charge in [0.2, 0.25) is 0 Å². The summed E-state index contributed by atoms with van der Waals surface area (Å²) in [4.78, 5) is 0. The Bertz CT molecular complexity index is 335. The van der Waals surface area contributed by atoms with Crippen LogP contribution in [0.5, 0.6) is 0 Å². The maximum absolute atomic E-state index is 6.68. The van der Waals surface area contributed by atoms with Crippen LogP contribution in [-0.2, 0) is 12.6 Å². The summed E-state index contributed by atoms with van der Waals surface area (Å²) in [6.07, 6.45) is 3.46. The van der Waals surface area contributed by atoms with E-state index >= 15 is 0 Å². The van der Waals surface area contributed by atoms with Gasteiger partial charge in [0.05, 0.1) is 0 Å². The molecular formula is C18H45O3PSi3. The van der Waals surface area contributed by atoms with Gasteiger partial charge in [0, 0.05) is 0 Å². The molecule has 0 saturated carbocycles. The van der Waals surface area contributed by atoms with E-state index in [9.17, 15) is 0 Å². The van der Waals surface area contributed by atoms with Crippen molar-refractivity contribution < 1.29 is 12.6 Å². The van der Waals surface area contributed by atoms with Crippen molar-refractivity contribution in [3.05, 3.63) is 0 Å². The average Bonchev–Trinajstić information content (AvgIpc) is 2.50. The van der Waals surface area contributed by atoms with Crippen LogP contribution >= 0.6 is 8.60 Å². The molecule has 7 heteroatoms. The van der Waals surface area contributed by atoms with Crippen LogP contribution in [0.4, 0.5) is 0 Å². The molecule has 0 spiro atoms.